The van der Waals surface area contributed by atoms with Crippen LogP contribution in [0.4, 0.5) is 0 Å². The Morgan fingerprint density at radius 3 is 1.89 bits per heavy atom. The predicted octanol–water partition coefficient (Wildman–Crippen LogP) is 7.33. The SMILES string of the molecule is C=CC(=O)OCCCCOc1ccc(C(=O)Oc2ccc(OC(=O)c3ccc(OCC(CCCC)OC(=O)C=C)cc3)c(Cl)c2)cc1. The molecular weight excluding hydrogens is 628 g/mol. The Bertz CT molecular complexity index is 1520. The van der Waals surface area contributed by atoms with Gasteiger partial charge < -0.3 is 28.4 Å². The van der Waals surface area contributed by atoms with Crippen molar-refractivity contribution in [1.82, 2.24) is 0 Å². The molecule has 1 atom stereocenters. The number of benzene rings is 3. The summed E-state index contributed by atoms with van der Waals surface area (Å²) in [4.78, 5) is 48.0. The minimum absolute atomic E-state index is 0.0683. The van der Waals surface area contributed by atoms with Crippen LogP contribution in [-0.2, 0) is 19.1 Å². The van der Waals surface area contributed by atoms with Gasteiger partial charge in [0.1, 0.15) is 35.7 Å². The normalized spacial score (nSPS) is 11.0. The molecule has 3 aromatic rings. The van der Waals surface area contributed by atoms with Gasteiger partial charge in [-0.05, 0) is 86.3 Å². The van der Waals surface area contributed by atoms with Crippen molar-refractivity contribution in [2.45, 2.75) is 45.1 Å². The van der Waals surface area contributed by atoms with Crippen molar-refractivity contribution in [1.29, 1.82) is 0 Å². The van der Waals surface area contributed by atoms with Gasteiger partial charge in [-0.3, -0.25) is 0 Å². The van der Waals surface area contributed by atoms with E-state index in [1.165, 1.54) is 18.2 Å². The van der Waals surface area contributed by atoms with E-state index in [1.807, 2.05) is 6.92 Å². The van der Waals surface area contributed by atoms with Crippen molar-refractivity contribution in [2.75, 3.05) is 19.8 Å². The summed E-state index contributed by atoms with van der Waals surface area (Å²) < 4.78 is 32.5. The first kappa shape index (κ1) is 36.4. The van der Waals surface area contributed by atoms with Crippen molar-refractivity contribution in [3.63, 3.8) is 0 Å². The molecule has 0 aromatic heterocycles. The maximum atomic E-state index is 12.7. The summed E-state index contributed by atoms with van der Waals surface area (Å²) in [5.41, 5.74) is 0.549. The molecule has 47 heavy (non-hydrogen) atoms. The number of esters is 4. The van der Waals surface area contributed by atoms with Gasteiger partial charge in [-0.2, -0.15) is 0 Å². The molecule has 0 saturated heterocycles. The molecule has 0 N–H and O–H groups in total. The highest BCUT2D eigenvalue weighted by atomic mass is 35.5. The van der Waals surface area contributed by atoms with Gasteiger partial charge in [-0.1, -0.05) is 38.1 Å². The van der Waals surface area contributed by atoms with E-state index >= 15 is 0 Å². The van der Waals surface area contributed by atoms with E-state index < -0.39 is 30.0 Å². The second kappa shape index (κ2) is 19.4. The number of carbonyl (C=O) groups is 4. The fourth-order valence-electron chi connectivity index (χ4n) is 3.96. The Kier molecular flexibility index (Phi) is 15.0. The van der Waals surface area contributed by atoms with E-state index in [4.69, 9.17) is 40.0 Å². The van der Waals surface area contributed by atoms with Gasteiger partial charge in [0, 0.05) is 18.2 Å². The van der Waals surface area contributed by atoms with Crippen LogP contribution in [0.5, 0.6) is 23.0 Å². The number of carbonyl (C=O) groups excluding carboxylic acids is 4. The topological polar surface area (TPSA) is 124 Å². The Labute approximate surface area is 278 Å². The fraction of sp³-hybridized carbons (Fsp3) is 0.278. The van der Waals surface area contributed by atoms with E-state index in [-0.39, 0.29) is 35.3 Å². The average molecular weight is 665 g/mol. The van der Waals surface area contributed by atoms with E-state index in [0.29, 0.717) is 42.9 Å². The lowest BCUT2D eigenvalue weighted by molar-refractivity contribution is -0.145. The Hall–Kier alpha value is -5.09. The summed E-state index contributed by atoms with van der Waals surface area (Å²) in [5, 5.41) is 0.0683. The molecule has 0 fully saturated rings. The molecule has 0 aliphatic rings. The molecule has 0 aliphatic heterocycles. The van der Waals surface area contributed by atoms with Gasteiger partial charge in [0.05, 0.1) is 29.4 Å². The summed E-state index contributed by atoms with van der Waals surface area (Å²) >= 11 is 6.32. The molecule has 0 aliphatic carbocycles. The maximum absolute atomic E-state index is 12.7. The number of hydrogen-bond donors (Lipinski definition) is 0. The largest absolute Gasteiger partial charge is 0.494 e. The molecule has 0 spiro atoms. The van der Waals surface area contributed by atoms with Gasteiger partial charge in [0.15, 0.2) is 0 Å². The molecule has 10 nitrogen and oxygen atoms in total. The van der Waals surface area contributed by atoms with Crippen LogP contribution in [0.1, 0.15) is 59.7 Å². The van der Waals surface area contributed by atoms with Crippen LogP contribution in [0.3, 0.4) is 0 Å². The number of halogens is 1. The third kappa shape index (κ3) is 12.7. The van der Waals surface area contributed by atoms with Gasteiger partial charge in [-0.25, -0.2) is 19.2 Å². The monoisotopic (exact) mass is 664 g/mol. The van der Waals surface area contributed by atoms with Crippen molar-refractivity contribution in [3.8, 4) is 23.0 Å². The molecule has 0 amide bonds. The number of rotatable bonds is 19. The smallest absolute Gasteiger partial charge is 0.343 e. The molecule has 0 heterocycles. The van der Waals surface area contributed by atoms with Crippen molar-refractivity contribution in [2.24, 2.45) is 0 Å². The third-order valence-corrected chi connectivity index (χ3v) is 6.78. The minimum atomic E-state index is -0.651. The number of hydrogen-bond acceptors (Lipinski definition) is 10. The molecule has 0 saturated carbocycles. The van der Waals surface area contributed by atoms with E-state index in [1.54, 1.807) is 48.5 Å². The average Bonchev–Trinajstić information content (AvgIpc) is 3.08. The van der Waals surface area contributed by atoms with Gasteiger partial charge in [0.2, 0.25) is 0 Å². The van der Waals surface area contributed by atoms with Gasteiger partial charge >= 0.3 is 23.9 Å². The van der Waals surface area contributed by atoms with Gasteiger partial charge in [-0.15, -0.1) is 0 Å². The van der Waals surface area contributed by atoms with Crippen LogP contribution >= 0.6 is 11.6 Å². The highest BCUT2D eigenvalue weighted by molar-refractivity contribution is 6.32. The van der Waals surface area contributed by atoms with Crippen molar-refractivity contribution in [3.05, 3.63) is 108 Å². The molecule has 0 radical (unpaired) electrons. The Balaban J connectivity index is 1.47. The van der Waals surface area contributed by atoms with E-state index in [9.17, 15) is 19.2 Å². The standard InChI is InChI=1S/C36H37ClO10/c1-4-7-10-30(45-34(39)6-3)24-44-28-17-13-26(14-18-28)36(41)47-32-20-19-29(23-31(32)37)46-35(40)25-11-15-27(16-12-25)42-21-8-9-22-43-33(38)5-2/h5-6,11-20,23,30H,2-4,7-10,21-22,24H2,1H3. The van der Waals surface area contributed by atoms with Crippen LogP contribution in [-0.4, -0.2) is 49.8 Å². The Morgan fingerprint density at radius 2 is 1.30 bits per heavy atom. The Morgan fingerprint density at radius 1 is 0.723 bits per heavy atom. The van der Waals surface area contributed by atoms with Crippen molar-refractivity contribution >= 4 is 35.5 Å². The lowest BCUT2D eigenvalue weighted by Crippen LogP contribution is -2.24. The summed E-state index contributed by atoms with van der Waals surface area (Å²) in [6, 6.07) is 17.0. The summed E-state index contributed by atoms with van der Waals surface area (Å²) in [5.74, 6) is -0.921. The lowest BCUT2D eigenvalue weighted by Gasteiger charge is -2.17. The second-order valence-electron chi connectivity index (χ2n) is 10.1. The molecule has 248 valence electrons. The highest BCUT2D eigenvalue weighted by Gasteiger charge is 2.16. The van der Waals surface area contributed by atoms with Crippen LogP contribution in [0.25, 0.3) is 0 Å². The zero-order chi connectivity index (χ0) is 34.0. The summed E-state index contributed by atoms with van der Waals surface area (Å²) in [6.45, 7) is 9.67. The van der Waals surface area contributed by atoms with Crippen LogP contribution in [0.15, 0.2) is 92.0 Å². The fourth-order valence-corrected chi connectivity index (χ4v) is 4.17. The van der Waals surface area contributed by atoms with Crippen LogP contribution in [0.2, 0.25) is 5.02 Å². The number of unbranched alkanes of at least 4 members (excludes halogenated alkanes) is 2. The summed E-state index contributed by atoms with van der Waals surface area (Å²) in [7, 11) is 0. The van der Waals surface area contributed by atoms with Crippen LogP contribution < -0.4 is 18.9 Å². The molecule has 1 unspecified atom stereocenters. The highest BCUT2D eigenvalue weighted by Crippen LogP contribution is 2.30. The van der Waals surface area contributed by atoms with E-state index in [0.717, 1.165) is 25.0 Å². The molecule has 11 heteroatoms. The zero-order valence-corrected chi connectivity index (χ0v) is 26.9. The molecular formula is C36H37ClO10. The summed E-state index contributed by atoms with van der Waals surface area (Å²) in [6.07, 6.45) is 5.62. The minimum Gasteiger partial charge on any atom is -0.494 e. The second-order valence-corrected chi connectivity index (χ2v) is 10.5. The molecule has 3 aromatic carbocycles. The maximum Gasteiger partial charge on any atom is 0.343 e. The number of ether oxygens (including phenoxy) is 6. The van der Waals surface area contributed by atoms with Crippen molar-refractivity contribution < 1.29 is 47.6 Å². The third-order valence-electron chi connectivity index (χ3n) is 6.48. The predicted molar refractivity (Wildman–Crippen MR) is 175 cm³/mol. The zero-order valence-electron chi connectivity index (χ0n) is 26.1. The van der Waals surface area contributed by atoms with Crippen LogP contribution in [0, 0.1) is 0 Å². The molecule has 0 bridgehead atoms. The molecule has 3 rings (SSSR count). The van der Waals surface area contributed by atoms with E-state index in [2.05, 4.69) is 13.2 Å². The first-order chi connectivity index (χ1) is 22.7. The lowest BCUT2D eigenvalue weighted by atomic mass is 10.1. The first-order valence-electron chi connectivity index (χ1n) is 15.0. The van der Waals surface area contributed by atoms with Gasteiger partial charge in [0.25, 0.3) is 0 Å². The first-order valence-corrected chi connectivity index (χ1v) is 15.4. The quantitative estimate of drug-likeness (QED) is 0.0557.